The number of amides is 1. The lowest BCUT2D eigenvalue weighted by Crippen LogP contribution is -2.44. The van der Waals surface area contributed by atoms with Gasteiger partial charge in [0.2, 0.25) is 5.91 Å². The summed E-state index contributed by atoms with van der Waals surface area (Å²) in [6.07, 6.45) is 7.03. The first-order valence-corrected chi connectivity index (χ1v) is 7.47. The van der Waals surface area contributed by atoms with E-state index in [9.17, 15) is 4.79 Å². The lowest BCUT2D eigenvalue weighted by Gasteiger charge is -2.28. The number of fused-ring (bicyclic) bond motifs is 1. The van der Waals surface area contributed by atoms with Crippen molar-refractivity contribution in [3.05, 3.63) is 29.8 Å². The maximum Gasteiger partial charge on any atom is 0.241 e. The molecule has 1 aromatic rings. The van der Waals surface area contributed by atoms with Crippen molar-refractivity contribution in [3.8, 4) is 0 Å². The topological polar surface area (TPSA) is 32.3 Å². The number of para-hydroxylation sites is 1. The van der Waals surface area contributed by atoms with Gasteiger partial charge in [-0.3, -0.25) is 9.69 Å². The molecule has 1 aromatic carbocycles. The average molecular weight is 258 g/mol. The van der Waals surface area contributed by atoms with Gasteiger partial charge >= 0.3 is 0 Å². The number of hydrogen-bond donors (Lipinski definition) is 1. The molecule has 2 aliphatic rings. The highest BCUT2D eigenvalue weighted by molar-refractivity contribution is 5.96. The van der Waals surface area contributed by atoms with Crippen molar-refractivity contribution in [1.82, 2.24) is 4.90 Å². The summed E-state index contributed by atoms with van der Waals surface area (Å²) in [4.78, 5) is 14.8. The summed E-state index contributed by atoms with van der Waals surface area (Å²) in [5.74, 6) is 0.187. The van der Waals surface area contributed by atoms with Gasteiger partial charge in [-0.2, -0.15) is 0 Å². The van der Waals surface area contributed by atoms with Gasteiger partial charge in [-0.1, -0.05) is 31.0 Å². The van der Waals surface area contributed by atoms with E-state index >= 15 is 0 Å². The summed E-state index contributed by atoms with van der Waals surface area (Å²) in [5.41, 5.74) is 2.28. The van der Waals surface area contributed by atoms with Gasteiger partial charge in [-0.25, -0.2) is 0 Å². The van der Waals surface area contributed by atoms with Crippen molar-refractivity contribution in [2.24, 2.45) is 0 Å². The highest BCUT2D eigenvalue weighted by atomic mass is 16.2. The Kier molecular flexibility index (Phi) is 3.83. The van der Waals surface area contributed by atoms with Crippen LogP contribution in [0, 0.1) is 0 Å². The maximum absolute atomic E-state index is 12.4. The van der Waals surface area contributed by atoms with Gasteiger partial charge in [0.15, 0.2) is 0 Å². The SMILES string of the molecule is O=C1Nc2ccccc2CC[C@H]1N1CCCCCC1. The predicted octanol–water partition coefficient (Wildman–Crippen LogP) is 2.82. The second-order valence-electron chi connectivity index (χ2n) is 5.65. The molecule has 0 bridgehead atoms. The molecule has 102 valence electrons. The Balaban J connectivity index is 1.76. The van der Waals surface area contributed by atoms with Crippen LogP contribution in [0.5, 0.6) is 0 Å². The Morgan fingerprint density at radius 2 is 1.79 bits per heavy atom. The van der Waals surface area contributed by atoms with Crippen molar-refractivity contribution in [3.63, 3.8) is 0 Å². The van der Waals surface area contributed by atoms with E-state index < -0.39 is 0 Å². The van der Waals surface area contributed by atoms with Crippen LogP contribution in [0.3, 0.4) is 0 Å². The van der Waals surface area contributed by atoms with Gasteiger partial charge in [0, 0.05) is 5.69 Å². The van der Waals surface area contributed by atoms with Gasteiger partial charge in [0.25, 0.3) is 0 Å². The fourth-order valence-corrected chi connectivity index (χ4v) is 3.25. The largest absolute Gasteiger partial charge is 0.324 e. The third kappa shape index (κ3) is 2.81. The number of benzene rings is 1. The Morgan fingerprint density at radius 1 is 1.05 bits per heavy atom. The van der Waals surface area contributed by atoms with Crippen LogP contribution < -0.4 is 5.32 Å². The first-order valence-electron chi connectivity index (χ1n) is 7.47. The molecule has 2 aliphatic heterocycles. The lowest BCUT2D eigenvalue weighted by molar-refractivity contribution is -0.121. The summed E-state index contributed by atoms with van der Waals surface area (Å²) < 4.78 is 0. The molecule has 0 radical (unpaired) electrons. The highest BCUT2D eigenvalue weighted by Gasteiger charge is 2.28. The molecule has 3 nitrogen and oxygen atoms in total. The van der Waals surface area contributed by atoms with E-state index in [1.807, 2.05) is 12.1 Å². The van der Waals surface area contributed by atoms with Crippen molar-refractivity contribution in [1.29, 1.82) is 0 Å². The van der Waals surface area contributed by atoms with Crippen LogP contribution in [0.1, 0.15) is 37.7 Å². The number of nitrogens with zero attached hydrogens (tertiary/aromatic N) is 1. The van der Waals surface area contributed by atoms with Crippen molar-refractivity contribution < 1.29 is 4.79 Å². The molecule has 0 aliphatic carbocycles. The van der Waals surface area contributed by atoms with Gasteiger partial charge in [-0.15, -0.1) is 0 Å². The average Bonchev–Trinajstić information content (AvgIpc) is 2.77. The minimum atomic E-state index is 0.0606. The first-order chi connectivity index (χ1) is 9.34. The number of aryl methyl sites for hydroxylation is 1. The molecule has 1 fully saturated rings. The molecule has 0 aromatic heterocycles. The van der Waals surface area contributed by atoms with Gasteiger partial charge in [-0.05, 0) is 50.4 Å². The van der Waals surface area contributed by atoms with E-state index in [1.54, 1.807) is 0 Å². The minimum Gasteiger partial charge on any atom is -0.324 e. The number of anilines is 1. The predicted molar refractivity (Wildman–Crippen MR) is 77.2 cm³/mol. The molecule has 1 amide bonds. The molecule has 19 heavy (non-hydrogen) atoms. The van der Waals surface area contributed by atoms with Crippen LogP contribution in [0.2, 0.25) is 0 Å². The number of likely N-dealkylation sites (tertiary alicyclic amines) is 1. The quantitative estimate of drug-likeness (QED) is 0.840. The van der Waals surface area contributed by atoms with Crippen LogP contribution in [0.15, 0.2) is 24.3 Å². The van der Waals surface area contributed by atoms with Crippen LogP contribution in [0.4, 0.5) is 5.69 Å². The van der Waals surface area contributed by atoms with Crippen molar-refractivity contribution in [2.45, 2.75) is 44.6 Å². The van der Waals surface area contributed by atoms with E-state index in [-0.39, 0.29) is 11.9 Å². The van der Waals surface area contributed by atoms with Crippen LogP contribution in [-0.2, 0) is 11.2 Å². The molecule has 2 heterocycles. The summed E-state index contributed by atoms with van der Waals surface area (Å²) in [6.45, 7) is 2.16. The monoisotopic (exact) mass is 258 g/mol. The zero-order valence-corrected chi connectivity index (χ0v) is 11.4. The number of carbonyl (C=O) groups excluding carboxylic acids is 1. The zero-order valence-electron chi connectivity index (χ0n) is 11.4. The summed E-state index contributed by atoms with van der Waals surface area (Å²) in [7, 11) is 0. The minimum absolute atomic E-state index is 0.0606. The molecule has 1 saturated heterocycles. The zero-order chi connectivity index (χ0) is 13.1. The second kappa shape index (κ2) is 5.74. The van der Waals surface area contributed by atoms with Crippen LogP contribution >= 0.6 is 0 Å². The number of rotatable bonds is 1. The van der Waals surface area contributed by atoms with E-state index in [1.165, 1.54) is 31.2 Å². The molecule has 1 N–H and O–H groups in total. The third-order valence-corrected chi connectivity index (χ3v) is 4.35. The van der Waals surface area contributed by atoms with Crippen molar-refractivity contribution in [2.75, 3.05) is 18.4 Å². The Labute approximate surface area is 115 Å². The molecule has 3 rings (SSSR count). The second-order valence-corrected chi connectivity index (χ2v) is 5.65. The molecule has 3 heteroatoms. The maximum atomic E-state index is 12.4. The van der Waals surface area contributed by atoms with Gasteiger partial charge in [0.1, 0.15) is 0 Å². The van der Waals surface area contributed by atoms with E-state index in [4.69, 9.17) is 0 Å². The van der Waals surface area contributed by atoms with E-state index in [0.29, 0.717) is 0 Å². The molecular weight excluding hydrogens is 236 g/mol. The lowest BCUT2D eigenvalue weighted by atomic mass is 10.0. The highest BCUT2D eigenvalue weighted by Crippen LogP contribution is 2.25. The Bertz CT molecular complexity index is 450. The van der Waals surface area contributed by atoms with E-state index in [0.717, 1.165) is 31.6 Å². The molecule has 1 atom stereocenters. The molecule has 0 saturated carbocycles. The summed E-state index contributed by atoms with van der Waals surface area (Å²) in [6, 6.07) is 8.24. The number of hydrogen-bond acceptors (Lipinski definition) is 2. The number of nitrogens with one attached hydrogen (secondary N) is 1. The normalized spacial score (nSPS) is 25.1. The molecular formula is C16H22N2O. The van der Waals surface area contributed by atoms with Gasteiger partial charge < -0.3 is 5.32 Å². The summed E-state index contributed by atoms with van der Waals surface area (Å²) >= 11 is 0. The van der Waals surface area contributed by atoms with Crippen LogP contribution in [-0.4, -0.2) is 29.9 Å². The van der Waals surface area contributed by atoms with Crippen molar-refractivity contribution >= 4 is 11.6 Å². The van der Waals surface area contributed by atoms with Crippen LogP contribution in [0.25, 0.3) is 0 Å². The molecule has 0 spiro atoms. The van der Waals surface area contributed by atoms with E-state index in [2.05, 4.69) is 22.3 Å². The fraction of sp³-hybridized carbons (Fsp3) is 0.562. The Morgan fingerprint density at radius 3 is 2.58 bits per heavy atom. The first kappa shape index (κ1) is 12.7. The van der Waals surface area contributed by atoms with Gasteiger partial charge in [0.05, 0.1) is 6.04 Å². The summed E-state index contributed by atoms with van der Waals surface area (Å²) in [5, 5.41) is 3.11. The standard InChI is InChI=1S/C16H22N2O/c19-16-15(18-11-5-1-2-6-12-18)10-9-13-7-3-4-8-14(13)17-16/h3-4,7-8,15H,1-2,5-6,9-12H2,(H,17,19)/t15-/m1/s1. The molecule has 0 unspecified atom stereocenters. The fourth-order valence-electron chi connectivity index (χ4n) is 3.25. The smallest absolute Gasteiger partial charge is 0.241 e. The Hall–Kier alpha value is -1.35. The third-order valence-electron chi connectivity index (χ3n) is 4.35. The number of carbonyl (C=O) groups is 1.